The first kappa shape index (κ1) is 16.2. The summed E-state index contributed by atoms with van der Waals surface area (Å²) in [5.74, 6) is -0.555. The van der Waals surface area contributed by atoms with E-state index in [9.17, 15) is 18.0 Å². The molecule has 2 N–H and O–H groups in total. The number of nitrogens with two attached hydrogens (primary N) is 1. The Morgan fingerprint density at radius 3 is 2.75 bits per heavy atom. The molecule has 20 heavy (non-hydrogen) atoms. The van der Waals surface area contributed by atoms with Crippen LogP contribution in [-0.4, -0.2) is 37.1 Å². The standard InChI is InChI=1S/C12H18N2O5S/c1-2-20(17,18)7-3-6-19-12(16)9-14-8-10(13)4-5-11(14)15/h4-5,8H,2-3,6-7,9,13H2,1H3. The molecule has 1 heterocycles. The third kappa shape index (κ3) is 5.43. The Labute approximate surface area is 117 Å². The maximum Gasteiger partial charge on any atom is 0.326 e. The normalized spacial score (nSPS) is 11.2. The van der Waals surface area contributed by atoms with Crippen molar-refractivity contribution in [3.8, 4) is 0 Å². The van der Waals surface area contributed by atoms with Gasteiger partial charge in [-0.25, -0.2) is 8.42 Å². The number of hydrogen-bond donors (Lipinski definition) is 1. The Bertz CT molecular complexity index is 621. The predicted molar refractivity (Wildman–Crippen MR) is 75.0 cm³/mol. The molecule has 0 spiro atoms. The minimum absolute atomic E-state index is 0.00906. The Morgan fingerprint density at radius 1 is 1.40 bits per heavy atom. The zero-order chi connectivity index (χ0) is 15.2. The number of nitrogens with zero attached hydrogens (tertiary/aromatic N) is 1. The average Bonchev–Trinajstić information content (AvgIpc) is 2.39. The molecule has 0 bridgehead atoms. The molecule has 0 saturated carbocycles. The molecule has 0 aliphatic carbocycles. The first-order chi connectivity index (χ1) is 9.34. The van der Waals surface area contributed by atoms with Crippen LogP contribution >= 0.6 is 0 Å². The van der Waals surface area contributed by atoms with E-state index < -0.39 is 15.8 Å². The van der Waals surface area contributed by atoms with Crippen LogP contribution in [0, 0.1) is 0 Å². The van der Waals surface area contributed by atoms with Gasteiger partial charge in [0.1, 0.15) is 16.4 Å². The van der Waals surface area contributed by atoms with Crippen LogP contribution < -0.4 is 11.3 Å². The number of sulfone groups is 1. The molecule has 0 amide bonds. The Hall–Kier alpha value is -1.83. The number of rotatable bonds is 7. The van der Waals surface area contributed by atoms with Crippen molar-refractivity contribution in [2.75, 3.05) is 23.8 Å². The highest BCUT2D eigenvalue weighted by atomic mass is 32.2. The summed E-state index contributed by atoms with van der Waals surface area (Å²) in [6, 6.07) is 2.70. The topological polar surface area (TPSA) is 108 Å². The number of carbonyl (C=O) groups is 1. The first-order valence-electron chi connectivity index (χ1n) is 6.16. The second kappa shape index (κ2) is 7.09. The molecule has 0 unspecified atom stereocenters. The van der Waals surface area contributed by atoms with Crippen LogP contribution in [0.2, 0.25) is 0 Å². The summed E-state index contributed by atoms with van der Waals surface area (Å²) in [6.07, 6.45) is 1.60. The molecule has 0 saturated heterocycles. The molecule has 1 aromatic rings. The van der Waals surface area contributed by atoms with Gasteiger partial charge in [-0.2, -0.15) is 0 Å². The van der Waals surface area contributed by atoms with Crippen molar-refractivity contribution in [2.45, 2.75) is 19.9 Å². The summed E-state index contributed by atoms with van der Waals surface area (Å²) in [7, 11) is -3.05. The second-order valence-corrected chi connectivity index (χ2v) is 6.71. The van der Waals surface area contributed by atoms with Crippen LogP contribution in [0.1, 0.15) is 13.3 Å². The summed E-state index contributed by atoms with van der Waals surface area (Å²) >= 11 is 0. The first-order valence-corrected chi connectivity index (χ1v) is 7.98. The van der Waals surface area contributed by atoms with E-state index in [0.29, 0.717) is 5.69 Å². The lowest BCUT2D eigenvalue weighted by Gasteiger charge is -2.07. The number of ether oxygens (including phenoxy) is 1. The Balaban J connectivity index is 2.41. The maximum atomic E-state index is 11.5. The molecule has 0 radical (unpaired) electrons. The van der Waals surface area contributed by atoms with Gasteiger partial charge in [0.2, 0.25) is 0 Å². The molecular formula is C12H18N2O5S. The van der Waals surface area contributed by atoms with Gasteiger partial charge in [-0.05, 0) is 12.5 Å². The van der Waals surface area contributed by atoms with Crippen LogP contribution in [-0.2, 0) is 25.9 Å². The molecular weight excluding hydrogens is 284 g/mol. The molecule has 0 aliphatic heterocycles. The fraction of sp³-hybridized carbons (Fsp3) is 0.500. The highest BCUT2D eigenvalue weighted by Gasteiger charge is 2.09. The van der Waals surface area contributed by atoms with Gasteiger partial charge in [-0.15, -0.1) is 0 Å². The number of pyridine rings is 1. The molecule has 0 atom stereocenters. The molecule has 0 aromatic carbocycles. The smallest absolute Gasteiger partial charge is 0.326 e. The Morgan fingerprint density at radius 2 is 2.10 bits per heavy atom. The number of esters is 1. The van der Waals surface area contributed by atoms with Crippen LogP contribution in [0.25, 0.3) is 0 Å². The summed E-state index contributed by atoms with van der Waals surface area (Å²) in [6.45, 7) is 1.33. The average molecular weight is 302 g/mol. The van der Waals surface area contributed by atoms with Crippen molar-refractivity contribution in [1.29, 1.82) is 0 Å². The minimum atomic E-state index is -3.05. The van der Waals surface area contributed by atoms with E-state index in [1.54, 1.807) is 6.92 Å². The highest BCUT2D eigenvalue weighted by Crippen LogP contribution is 1.98. The van der Waals surface area contributed by atoms with E-state index in [0.717, 1.165) is 4.57 Å². The molecule has 0 aliphatic rings. The summed E-state index contributed by atoms with van der Waals surface area (Å²) in [5, 5.41) is 0. The summed E-state index contributed by atoms with van der Waals surface area (Å²) in [5.41, 5.74) is 5.52. The summed E-state index contributed by atoms with van der Waals surface area (Å²) < 4.78 is 28.5. The molecule has 1 aromatic heterocycles. The third-order valence-corrected chi connectivity index (χ3v) is 4.40. The Kier molecular flexibility index (Phi) is 5.75. The van der Waals surface area contributed by atoms with E-state index in [1.165, 1.54) is 18.3 Å². The van der Waals surface area contributed by atoms with Gasteiger partial charge >= 0.3 is 5.97 Å². The molecule has 7 nitrogen and oxygen atoms in total. The van der Waals surface area contributed by atoms with Gasteiger partial charge in [-0.3, -0.25) is 9.59 Å². The molecule has 0 fully saturated rings. The lowest BCUT2D eigenvalue weighted by molar-refractivity contribution is -0.144. The number of aromatic nitrogens is 1. The van der Waals surface area contributed by atoms with Gasteiger partial charge in [0.05, 0.1) is 12.4 Å². The predicted octanol–water partition coefficient (Wildman–Crippen LogP) is -0.201. The fourth-order valence-corrected chi connectivity index (χ4v) is 2.31. The van der Waals surface area contributed by atoms with Crippen LogP contribution in [0.15, 0.2) is 23.1 Å². The van der Waals surface area contributed by atoms with E-state index in [1.807, 2.05) is 0 Å². The van der Waals surface area contributed by atoms with Crippen molar-refractivity contribution >= 4 is 21.5 Å². The largest absolute Gasteiger partial charge is 0.464 e. The number of anilines is 1. The van der Waals surface area contributed by atoms with Crippen molar-refractivity contribution in [1.82, 2.24) is 4.57 Å². The zero-order valence-corrected chi connectivity index (χ0v) is 12.1. The van der Waals surface area contributed by atoms with E-state index in [4.69, 9.17) is 10.5 Å². The summed E-state index contributed by atoms with van der Waals surface area (Å²) in [4.78, 5) is 22.9. The second-order valence-electron chi connectivity index (χ2n) is 4.24. The fourth-order valence-electron chi connectivity index (χ4n) is 1.47. The van der Waals surface area contributed by atoms with E-state index in [2.05, 4.69) is 0 Å². The van der Waals surface area contributed by atoms with Crippen LogP contribution in [0.4, 0.5) is 5.69 Å². The van der Waals surface area contributed by atoms with Crippen LogP contribution in [0.5, 0.6) is 0 Å². The van der Waals surface area contributed by atoms with E-state index in [-0.39, 0.29) is 36.6 Å². The lowest BCUT2D eigenvalue weighted by atomic mass is 10.4. The quantitative estimate of drug-likeness (QED) is 0.552. The molecule has 1 rings (SSSR count). The van der Waals surface area contributed by atoms with Gasteiger partial charge < -0.3 is 15.0 Å². The number of hydrogen-bond acceptors (Lipinski definition) is 6. The van der Waals surface area contributed by atoms with Gasteiger partial charge in [0, 0.05) is 23.7 Å². The maximum absolute atomic E-state index is 11.5. The zero-order valence-electron chi connectivity index (χ0n) is 11.2. The highest BCUT2D eigenvalue weighted by molar-refractivity contribution is 7.91. The van der Waals surface area contributed by atoms with Gasteiger partial charge in [-0.1, -0.05) is 6.92 Å². The van der Waals surface area contributed by atoms with E-state index >= 15 is 0 Å². The van der Waals surface area contributed by atoms with Crippen molar-refractivity contribution in [3.63, 3.8) is 0 Å². The number of nitrogen functional groups attached to an aromatic ring is 1. The third-order valence-electron chi connectivity index (χ3n) is 2.61. The van der Waals surface area contributed by atoms with Crippen LogP contribution in [0.3, 0.4) is 0 Å². The molecule has 112 valence electrons. The minimum Gasteiger partial charge on any atom is -0.464 e. The van der Waals surface area contributed by atoms with Gasteiger partial charge in [0.25, 0.3) is 5.56 Å². The molecule has 8 heteroatoms. The van der Waals surface area contributed by atoms with Crippen molar-refractivity contribution in [3.05, 3.63) is 28.7 Å². The number of carbonyl (C=O) groups excluding carboxylic acids is 1. The SMILES string of the molecule is CCS(=O)(=O)CCCOC(=O)Cn1cc(N)ccc1=O. The lowest BCUT2D eigenvalue weighted by Crippen LogP contribution is -2.25. The van der Waals surface area contributed by atoms with Crippen molar-refractivity contribution < 1.29 is 17.9 Å². The van der Waals surface area contributed by atoms with Crippen molar-refractivity contribution in [2.24, 2.45) is 0 Å². The van der Waals surface area contributed by atoms with Gasteiger partial charge in [0.15, 0.2) is 0 Å². The monoisotopic (exact) mass is 302 g/mol.